The highest BCUT2D eigenvalue weighted by molar-refractivity contribution is 9.10. The van der Waals surface area contributed by atoms with Crippen molar-refractivity contribution in [2.45, 2.75) is 6.61 Å². The van der Waals surface area contributed by atoms with Gasteiger partial charge < -0.3 is 5.11 Å². The highest BCUT2D eigenvalue weighted by Gasteiger charge is 2.06. The predicted molar refractivity (Wildman–Crippen MR) is 73.0 cm³/mol. The molecule has 3 aromatic rings. The normalized spacial score (nSPS) is 11.4. The first-order valence-electron chi connectivity index (χ1n) is 5.00. The van der Waals surface area contributed by atoms with E-state index in [1.54, 1.807) is 11.3 Å². The molecule has 1 N–H and O–H groups in total. The first-order valence-corrected chi connectivity index (χ1v) is 6.61. The van der Waals surface area contributed by atoms with Crippen LogP contribution in [-0.4, -0.2) is 5.11 Å². The van der Waals surface area contributed by atoms with Crippen molar-refractivity contribution in [2.75, 3.05) is 0 Å². The standard InChI is InChI=1S/C13H9BrOS/c14-12-3-1-2-11-10(12)5-4-8-6-9(7-15)16-13(8)11/h1-6,15H,7H2. The van der Waals surface area contributed by atoms with Gasteiger partial charge in [-0.3, -0.25) is 0 Å². The van der Waals surface area contributed by atoms with Crippen LogP contribution in [0.15, 0.2) is 40.9 Å². The van der Waals surface area contributed by atoms with E-state index < -0.39 is 0 Å². The highest BCUT2D eigenvalue weighted by Crippen LogP contribution is 2.35. The van der Waals surface area contributed by atoms with Gasteiger partial charge in [0.15, 0.2) is 0 Å². The quantitative estimate of drug-likeness (QED) is 0.709. The number of aliphatic hydroxyl groups excluding tert-OH is 1. The van der Waals surface area contributed by atoms with Crippen LogP contribution in [0, 0.1) is 0 Å². The second-order valence-electron chi connectivity index (χ2n) is 3.69. The van der Waals surface area contributed by atoms with Gasteiger partial charge in [-0.15, -0.1) is 11.3 Å². The van der Waals surface area contributed by atoms with Gasteiger partial charge in [-0.2, -0.15) is 0 Å². The van der Waals surface area contributed by atoms with Crippen molar-refractivity contribution < 1.29 is 5.11 Å². The molecule has 0 fully saturated rings. The van der Waals surface area contributed by atoms with Crippen LogP contribution in [-0.2, 0) is 6.61 Å². The Morgan fingerprint density at radius 1 is 1.12 bits per heavy atom. The fourth-order valence-corrected chi connectivity index (χ4v) is 3.49. The van der Waals surface area contributed by atoms with E-state index in [-0.39, 0.29) is 6.61 Å². The number of thiophene rings is 1. The summed E-state index contributed by atoms with van der Waals surface area (Å²) in [6, 6.07) is 12.5. The number of fused-ring (bicyclic) bond motifs is 3. The molecule has 0 amide bonds. The smallest absolute Gasteiger partial charge is 0.0774 e. The van der Waals surface area contributed by atoms with Crippen molar-refractivity contribution in [3.8, 4) is 0 Å². The molecule has 0 saturated carbocycles. The van der Waals surface area contributed by atoms with Crippen LogP contribution in [0.5, 0.6) is 0 Å². The van der Waals surface area contributed by atoms with Crippen LogP contribution >= 0.6 is 27.3 Å². The summed E-state index contributed by atoms with van der Waals surface area (Å²) in [4.78, 5) is 1.02. The third-order valence-corrected chi connectivity index (χ3v) is 4.56. The molecule has 0 unspecified atom stereocenters. The Morgan fingerprint density at radius 3 is 2.81 bits per heavy atom. The number of halogens is 1. The molecule has 1 heterocycles. The van der Waals surface area contributed by atoms with Crippen molar-refractivity contribution in [1.29, 1.82) is 0 Å². The summed E-state index contributed by atoms with van der Waals surface area (Å²) in [5.41, 5.74) is 0. The summed E-state index contributed by atoms with van der Waals surface area (Å²) in [5, 5.41) is 12.8. The molecule has 0 aliphatic carbocycles. The number of benzene rings is 2. The minimum Gasteiger partial charge on any atom is -0.391 e. The predicted octanol–water partition coefficient (Wildman–Crippen LogP) is 4.31. The molecular formula is C13H9BrOS. The van der Waals surface area contributed by atoms with Crippen molar-refractivity contribution in [1.82, 2.24) is 0 Å². The van der Waals surface area contributed by atoms with E-state index in [0.29, 0.717) is 0 Å². The van der Waals surface area contributed by atoms with Gasteiger partial charge in [0.1, 0.15) is 0 Å². The summed E-state index contributed by atoms with van der Waals surface area (Å²) in [6.07, 6.45) is 0. The van der Waals surface area contributed by atoms with Gasteiger partial charge in [0, 0.05) is 19.4 Å². The molecular weight excluding hydrogens is 284 g/mol. The first-order chi connectivity index (χ1) is 7.79. The van der Waals surface area contributed by atoms with E-state index in [2.05, 4.69) is 46.3 Å². The lowest BCUT2D eigenvalue weighted by atomic mass is 10.1. The largest absolute Gasteiger partial charge is 0.391 e. The van der Waals surface area contributed by atoms with Gasteiger partial charge >= 0.3 is 0 Å². The molecule has 3 rings (SSSR count). The maximum atomic E-state index is 9.17. The zero-order chi connectivity index (χ0) is 11.1. The topological polar surface area (TPSA) is 20.2 Å². The average molecular weight is 293 g/mol. The Morgan fingerprint density at radius 2 is 2.00 bits per heavy atom. The fraction of sp³-hybridized carbons (Fsp3) is 0.0769. The summed E-state index contributed by atoms with van der Waals surface area (Å²) >= 11 is 5.23. The number of hydrogen-bond donors (Lipinski definition) is 1. The zero-order valence-corrected chi connectivity index (χ0v) is 10.8. The maximum Gasteiger partial charge on any atom is 0.0774 e. The molecule has 0 radical (unpaired) electrons. The first kappa shape index (κ1) is 10.3. The molecule has 0 aliphatic rings. The molecule has 16 heavy (non-hydrogen) atoms. The van der Waals surface area contributed by atoms with Crippen LogP contribution in [0.4, 0.5) is 0 Å². The van der Waals surface area contributed by atoms with Gasteiger partial charge in [0.25, 0.3) is 0 Å². The lowest BCUT2D eigenvalue weighted by Crippen LogP contribution is -1.73. The van der Waals surface area contributed by atoms with Crippen LogP contribution in [0.1, 0.15) is 4.88 Å². The third-order valence-electron chi connectivity index (χ3n) is 2.69. The van der Waals surface area contributed by atoms with E-state index in [4.69, 9.17) is 5.11 Å². The van der Waals surface area contributed by atoms with Crippen LogP contribution in [0.2, 0.25) is 0 Å². The molecule has 2 aromatic carbocycles. The van der Waals surface area contributed by atoms with Crippen molar-refractivity contribution in [2.24, 2.45) is 0 Å². The summed E-state index contributed by atoms with van der Waals surface area (Å²) in [7, 11) is 0. The van der Waals surface area contributed by atoms with Gasteiger partial charge in [0.05, 0.1) is 6.61 Å². The lowest BCUT2D eigenvalue weighted by molar-refractivity contribution is 0.285. The highest BCUT2D eigenvalue weighted by atomic mass is 79.9. The molecule has 0 atom stereocenters. The fourth-order valence-electron chi connectivity index (χ4n) is 1.95. The summed E-state index contributed by atoms with van der Waals surface area (Å²) < 4.78 is 2.37. The minimum absolute atomic E-state index is 0.120. The molecule has 0 spiro atoms. The molecule has 0 bridgehead atoms. The number of aliphatic hydroxyl groups is 1. The monoisotopic (exact) mass is 292 g/mol. The van der Waals surface area contributed by atoms with Gasteiger partial charge in [0.2, 0.25) is 0 Å². The van der Waals surface area contributed by atoms with E-state index >= 15 is 0 Å². The Balaban J connectivity index is 2.48. The molecule has 3 heteroatoms. The SMILES string of the molecule is OCc1cc2ccc3c(Br)cccc3c2s1. The third kappa shape index (κ3) is 1.47. The van der Waals surface area contributed by atoms with Crippen molar-refractivity contribution in [3.05, 3.63) is 45.7 Å². The molecule has 80 valence electrons. The number of hydrogen-bond acceptors (Lipinski definition) is 2. The molecule has 0 saturated heterocycles. The van der Waals surface area contributed by atoms with Crippen LogP contribution in [0.25, 0.3) is 20.9 Å². The molecule has 1 aromatic heterocycles. The maximum absolute atomic E-state index is 9.17. The van der Waals surface area contributed by atoms with E-state index in [0.717, 1.165) is 9.35 Å². The number of rotatable bonds is 1. The van der Waals surface area contributed by atoms with Gasteiger partial charge in [-0.05, 0) is 22.9 Å². The molecule has 0 aliphatic heterocycles. The van der Waals surface area contributed by atoms with E-state index in [9.17, 15) is 0 Å². The molecule has 1 nitrogen and oxygen atoms in total. The Bertz CT molecular complexity index is 672. The zero-order valence-electron chi connectivity index (χ0n) is 8.40. The van der Waals surface area contributed by atoms with Crippen LogP contribution < -0.4 is 0 Å². The Labute approximate surface area is 105 Å². The lowest BCUT2D eigenvalue weighted by Gasteiger charge is -2.01. The van der Waals surface area contributed by atoms with E-state index in [1.165, 1.54) is 20.9 Å². The Hall–Kier alpha value is -0.900. The average Bonchev–Trinajstić information content (AvgIpc) is 2.72. The Kier molecular flexibility index (Phi) is 2.46. The van der Waals surface area contributed by atoms with Gasteiger partial charge in [-0.1, -0.05) is 40.2 Å². The van der Waals surface area contributed by atoms with E-state index in [1.807, 2.05) is 6.07 Å². The summed E-state index contributed by atoms with van der Waals surface area (Å²) in [6.45, 7) is 0.120. The van der Waals surface area contributed by atoms with Crippen LogP contribution in [0.3, 0.4) is 0 Å². The van der Waals surface area contributed by atoms with Gasteiger partial charge in [-0.25, -0.2) is 0 Å². The second-order valence-corrected chi connectivity index (χ2v) is 5.68. The van der Waals surface area contributed by atoms with Crippen molar-refractivity contribution >= 4 is 48.1 Å². The minimum atomic E-state index is 0.120. The van der Waals surface area contributed by atoms with Crippen molar-refractivity contribution in [3.63, 3.8) is 0 Å². The summed E-state index contributed by atoms with van der Waals surface area (Å²) in [5.74, 6) is 0. The second kappa shape index (κ2) is 3.84.